The predicted octanol–water partition coefficient (Wildman–Crippen LogP) is 5.58. The molecule has 0 radical (unpaired) electrons. The van der Waals surface area contributed by atoms with E-state index >= 15 is 0 Å². The van der Waals surface area contributed by atoms with Crippen LogP contribution < -0.4 is 0 Å². The van der Waals surface area contributed by atoms with Crippen molar-refractivity contribution in [3.05, 3.63) is 59.7 Å². The lowest BCUT2D eigenvalue weighted by molar-refractivity contribution is 0.0126. The average molecular weight is 313 g/mol. The van der Waals surface area contributed by atoms with Crippen molar-refractivity contribution in [2.45, 2.75) is 19.3 Å². The summed E-state index contributed by atoms with van der Waals surface area (Å²) in [7, 11) is 0. The standard InChI is InChI=1S/C16H12F5N/c1-3-9-6-11(8-22-14(9)16(2,20)21)10-4-5-13(17)12(7-10)15(18)19/h3-8,15H,1H2,2H3. The molecule has 0 fully saturated rings. The summed E-state index contributed by atoms with van der Waals surface area (Å²) in [5.74, 6) is -4.17. The van der Waals surface area contributed by atoms with Crippen LogP contribution in [0.15, 0.2) is 37.0 Å². The molecule has 1 aromatic carbocycles. The number of hydrogen-bond acceptors (Lipinski definition) is 1. The highest BCUT2D eigenvalue weighted by Gasteiger charge is 2.28. The lowest BCUT2D eigenvalue weighted by Gasteiger charge is -2.14. The van der Waals surface area contributed by atoms with Gasteiger partial charge >= 0.3 is 0 Å². The molecule has 0 bridgehead atoms. The number of alkyl halides is 4. The highest BCUT2D eigenvalue weighted by molar-refractivity contribution is 5.68. The Balaban J connectivity index is 2.55. The van der Waals surface area contributed by atoms with Crippen LogP contribution in [-0.2, 0) is 5.92 Å². The summed E-state index contributed by atoms with van der Waals surface area (Å²) in [4.78, 5) is 3.69. The van der Waals surface area contributed by atoms with Crippen LogP contribution in [0.2, 0.25) is 0 Å². The van der Waals surface area contributed by atoms with Gasteiger partial charge in [-0.1, -0.05) is 18.7 Å². The fourth-order valence-corrected chi connectivity index (χ4v) is 2.05. The largest absolute Gasteiger partial charge is 0.287 e. The molecule has 0 aliphatic heterocycles. The van der Waals surface area contributed by atoms with Gasteiger partial charge in [-0.25, -0.2) is 13.2 Å². The van der Waals surface area contributed by atoms with E-state index in [4.69, 9.17) is 0 Å². The molecule has 0 aliphatic carbocycles. The molecular weight excluding hydrogens is 301 g/mol. The summed E-state index contributed by atoms with van der Waals surface area (Å²) in [6.45, 7) is 4.15. The fourth-order valence-electron chi connectivity index (χ4n) is 2.05. The summed E-state index contributed by atoms with van der Waals surface area (Å²) >= 11 is 0. The van der Waals surface area contributed by atoms with E-state index in [1.165, 1.54) is 18.2 Å². The van der Waals surface area contributed by atoms with E-state index in [1.807, 2.05) is 0 Å². The van der Waals surface area contributed by atoms with E-state index in [-0.39, 0.29) is 11.1 Å². The predicted molar refractivity (Wildman–Crippen MR) is 74.2 cm³/mol. The SMILES string of the molecule is C=Cc1cc(-c2ccc(F)c(C(F)F)c2)cnc1C(C)(F)F. The third-order valence-corrected chi connectivity index (χ3v) is 3.12. The molecule has 0 saturated carbocycles. The maximum absolute atomic E-state index is 13.4. The number of nitrogens with zero attached hydrogens (tertiary/aromatic N) is 1. The highest BCUT2D eigenvalue weighted by Crippen LogP contribution is 2.33. The Morgan fingerprint density at radius 2 is 1.86 bits per heavy atom. The zero-order valence-electron chi connectivity index (χ0n) is 11.6. The lowest BCUT2D eigenvalue weighted by Crippen LogP contribution is -2.12. The molecular formula is C16H12F5N. The van der Waals surface area contributed by atoms with Crippen molar-refractivity contribution in [2.75, 3.05) is 0 Å². The minimum absolute atomic E-state index is 0.0907. The summed E-state index contributed by atoms with van der Waals surface area (Å²) in [6, 6.07) is 4.53. The van der Waals surface area contributed by atoms with Crippen molar-refractivity contribution in [2.24, 2.45) is 0 Å². The molecule has 0 N–H and O–H groups in total. The van der Waals surface area contributed by atoms with Gasteiger partial charge in [-0.05, 0) is 23.8 Å². The second-order valence-electron chi connectivity index (χ2n) is 4.79. The van der Waals surface area contributed by atoms with E-state index in [2.05, 4.69) is 11.6 Å². The zero-order valence-corrected chi connectivity index (χ0v) is 11.6. The van der Waals surface area contributed by atoms with Gasteiger partial charge in [0.05, 0.1) is 5.56 Å². The molecule has 0 unspecified atom stereocenters. The molecule has 2 rings (SSSR count). The van der Waals surface area contributed by atoms with Crippen LogP contribution in [0.5, 0.6) is 0 Å². The van der Waals surface area contributed by atoms with Crippen LogP contribution in [-0.4, -0.2) is 4.98 Å². The molecule has 2 aromatic rings. The van der Waals surface area contributed by atoms with Gasteiger partial charge in [-0.3, -0.25) is 4.98 Å². The molecule has 1 nitrogen and oxygen atoms in total. The van der Waals surface area contributed by atoms with E-state index in [1.54, 1.807) is 0 Å². The van der Waals surface area contributed by atoms with Gasteiger partial charge in [-0.2, -0.15) is 8.78 Å². The van der Waals surface area contributed by atoms with Crippen molar-refractivity contribution in [3.63, 3.8) is 0 Å². The fraction of sp³-hybridized carbons (Fsp3) is 0.188. The third-order valence-electron chi connectivity index (χ3n) is 3.12. The average Bonchev–Trinajstić information content (AvgIpc) is 2.45. The van der Waals surface area contributed by atoms with Gasteiger partial charge in [0.25, 0.3) is 12.3 Å². The zero-order chi connectivity index (χ0) is 16.5. The van der Waals surface area contributed by atoms with Crippen molar-refractivity contribution in [3.8, 4) is 11.1 Å². The van der Waals surface area contributed by atoms with Crippen LogP contribution >= 0.6 is 0 Å². The molecule has 6 heteroatoms. The Morgan fingerprint density at radius 1 is 1.18 bits per heavy atom. The highest BCUT2D eigenvalue weighted by atomic mass is 19.3. The summed E-state index contributed by atoms with van der Waals surface area (Å²) in [6.07, 6.45) is -0.616. The van der Waals surface area contributed by atoms with Crippen LogP contribution in [0.25, 0.3) is 17.2 Å². The van der Waals surface area contributed by atoms with Crippen molar-refractivity contribution < 1.29 is 22.0 Å². The van der Waals surface area contributed by atoms with Gasteiger partial charge in [0, 0.05) is 24.2 Å². The van der Waals surface area contributed by atoms with Gasteiger partial charge in [0.15, 0.2) is 0 Å². The smallest absolute Gasteiger partial charge is 0.254 e. The second-order valence-corrected chi connectivity index (χ2v) is 4.79. The first-order valence-corrected chi connectivity index (χ1v) is 6.32. The topological polar surface area (TPSA) is 12.9 Å². The van der Waals surface area contributed by atoms with E-state index < -0.39 is 29.4 Å². The number of benzene rings is 1. The maximum Gasteiger partial charge on any atom is 0.287 e. The van der Waals surface area contributed by atoms with Crippen LogP contribution in [0.3, 0.4) is 0 Å². The lowest BCUT2D eigenvalue weighted by atomic mass is 10.0. The third kappa shape index (κ3) is 3.16. The first kappa shape index (κ1) is 16.1. The molecule has 0 atom stereocenters. The van der Waals surface area contributed by atoms with Crippen LogP contribution in [0.4, 0.5) is 22.0 Å². The molecule has 1 aromatic heterocycles. The minimum Gasteiger partial charge on any atom is -0.254 e. The first-order valence-electron chi connectivity index (χ1n) is 6.32. The van der Waals surface area contributed by atoms with Crippen molar-refractivity contribution in [1.29, 1.82) is 0 Å². The number of aromatic nitrogens is 1. The van der Waals surface area contributed by atoms with E-state index in [0.29, 0.717) is 12.5 Å². The Morgan fingerprint density at radius 3 is 2.41 bits per heavy atom. The summed E-state index contributed by atoms with van der Waals surface area (Å²) in [5, 5.41) is 0. The molecule has 0 aliphatic rings. The Kier molecular flexibility index (Phi) is 4.30. The number of hydrogen-bond donors (Lipinski definition) is 0. The van der Waals surface area contributed by atoms with E-state index in [0.717, 1.165) is 18.3 Å². The van der Waals surface area contributed by atoms with Gasteiger partial charge < -0.3 is 0 Å². The Labute approximate surface area is 124 Å². The van der Waals surface area contributed by atoms with E-state index in [9.17, 15) is 22.0 Å². The first-order chi connectivity index (χ1) is 10.2. The van der Waals surface area contributed by atoms with Crippen LogP contribution in [0, 0.1) is 5.82 Å². The van der Waals surface area contributed by atoms with Crippen molar-refractivity contribution in [1.82, 2.24) is 4.98 Å². The molecule has 1 heterocycles. The quantitative estimate of drug-likeness (QED) is 0.671. The summed E-state index contributed by atoms with van der Waals surface area (Å²) in [5.41, 5.74) is -0.527. The van der Waals surface area contributed by atoms with Gasteiger partial charge in [0.1, 0.15) is 11.5 Å². The second kappa shape index (κ2) is 5.87. The van der Waals surface area contributed by atoms with Crippen molar-refractivity contribution >= 4 is 6.08 Å². The molecule has 0 amide bonds. The number of rotatable bonds is 4. The van der Waals surface area contributed by atoms with Gasteiger partial charge in [0.2, 0.25) is 0 Å². The minimum atomic E-state index is -3.15. The maximum atomic E-state index is 13.4. The Hall–Kier alpha value is -2.24. The molecule has 0 spiro atoms. The van der Waals surface area contributed by atoms with Gasteiger partial charge in [-0.15, -0.1) is 0 Å². The number of halogens is 5. The summed E-state index contributed by atoms with van der Waals surface area (Å²) < 4.78 is 65.5. The monoisotopic (exact) mass is 313 g/mol. The normalized spacial score (nSPS) is 11.8. The Bertz CT molecular complexity index is 704. The molecule has 116 valence electrons. The number of pyridine rings is 1. The molecule has 0 saturated heterocycles. The molecule has 22 heavy (non-hydrogen) atoms. The van der Waals surface area contributed by atoms with Crippen LogP contribution in [0.1, 0.15) is 30.2 Å².